The van der Waals surface area contributed by atoms with Crippen molar-refractivity contribution < 1.29 is 8.42 Å². The number of alkyl halides is 1. The molecule has 3 nitrogen and oxygen atoms in total. The van der Waals surface area contributed by atoms with Crippen molar-refractivity contribution in [3.8, 4) is 0 Å². The second-order valence-electron chi connectivity index (χ2n) is 3.05. The summed E-state index contributed by atoms with van der Waals surface area (Å²) in [4.78, 5) is 0.148. The number of nitrogens with one attached hydrogen (secondary N) is 1. The van der Waals surface area contributed by atoms with Crippen LogP contribution >= 0.6 is 50.5 Å². The van der Waals surface area contributed by atoms with Gasteiger partial charge in [0.2, 0.25) is 10.0 Å². The molecule has 0 radical (unpaired) electrons. The first-order valence-corrected chi connectivity index (χ1v) is 8.42. The summed E-state index contributed by atoms with van der Waals surface area (Å²) in [6, 6.07) is 1.35. The van der Waals surface area contributed by atoms with Crippen LogP contribution in [0.3, 0.4) is 0 Å². The Morgan fingerprint density at radius 1 is 1.56 bits per heavy atom. The van der Waals surface area contributed by atoms with E-state index >= 15 is 0 Å². The van der Waals surface area contributed by atoms with Crippen LogP contribution in [0.2, 0.25) is 8.67 Å². The quantitative estimate of drug-likeness (QED) is 0.810. The summed E-state index contributed by atoms with van der Waals surface area (Å²) in [7, 11) is -3.56. The minimum absolute atomic E-state index is 0.0416. The molecule has 1 N–H and O–H groups in total. The Bertz CT molecular complexity index is 461. The maximum absolute atomic E-state index is 11.8. The zero-order chi connectivity index (χ0) is 12.3. The van der Waals surface area contributed by atoms with Gasteiger partial charge < -0.3 is 0 Å². The molecule has 0 aliphatic carbocycles. The van der Waals surface area contributed by atoms with Crippen molar-refractivity contribution in [2.24, 2.45) is 0 Å². The lowest BCUT2D eigenvalue weighted by molar-refractivity contribution is 0.580. The van der Waals surface area contributed by atoms with Gasteiger partial charge in [-0.3, -0.25) is 0 Å². The molecule has 0 bridgehead atoms. The van der Waals surface area contributed by atoms with Crippen molar-refractivity contribution in [3.63, 3.8) is 0 Å². The molecule has 0 aliphatic heterocycles. The van der Waals surface area contributed by atoms with Crippen molar-refractivity contribution >= 4 is 60.5 Å². The lowest BCUT2D eigenvalue weighted by atomic mass is 10.3. The third-order valence-corrected chi connectivity index (χ3v) is 6.00. The van der Waals surface area contributed by atoms with E-state index in [0.717, 1.165) is 17.8 Å². The number of hydrogen-bond acceptors (Lipinski definition) is 3. The molecular formula is C8H10BrCl2NO2S2. The van der Waals surface area contributed by atoms with E-state index in [1.165, 1.54) is 6.07 Å². The van der Waals surface area contributed by atoms with Crippen LogP contribution in [0, 0.1) is 0 Å². The summed E-state index contributed by atoms with van der Waals surface area (Å²) in [6.45, 7) is 2.28. The van der Waals surface area contributed by atoms with Crippen LogP contribution in [-0.4, -0.2) is 19.8 Å². The van der Waals surface area contributed by atoms with Crippen LogP contribution in [0.25, 0.3) is 0 Å². The Hall–Kier alpha value is 0.670. The minimum atomic E-state index is -3.56. The summed E-state index contributed by atoms with van der Waals surface area (Å²) < 4.78 is 26.6. The number of halogens is 3. The molecule has 0 aliphatic rings. The lowest BCUT2D eigenvalue weighted by Gasteiger charge is -2.08. The second-order valence-corrected chi connectivity index (χ2v) is 8.36. The predicted octanol–water partition coefficient (Wildman–Crippen LogP) is 3.51. The first kappa shape index (κ1) is 14.7. The van der Waals surface area contributed by atoms with Gasteiger partial charge in [0.15, 0.2) is 0 Å². The summed E-state index contributed by atoms with van der Waals surface area (Å²) in [5.74, 6) is 0. The number of hydrogen-bond donors (Lipinski definition) is 1. The molecule has 0 fully saturated rings. The molecule has 16 heavy (non-hydrogen) atoms. The van der Waals surface area contributed by atoms with Crippen LogP contribution in [-0.2, 0) is 10.0 Å². The van der Waals surface area contributed by atoms with Gasteiger partial charge >= 0.3 is 0 Å². The molecule has 1 aromatic rings. The number of sulfonamides is 1. The van der Waals surface area contributed by atoms with Gasteiger partial charge in [-0.2, -0.15) is 0 Å². The van der Waals surface area contributed by atoms with E-state index in [-0.39, 0.29) is 14.1 Å². The monoisotopic (exact) mass is 365 g/mol. The summed E-state index contributed by atoms with van der Waals surface area (Å²) in [6.07, 6.45) is 0.834. The van der Waals surface area contributed by atoms with Crippen LogP contribution < -0.4 is 4.72 Å². The van der Waals surface area contributed by atoms with Crippen LogP contribution in [0.4, 0.5) is 0 Å². The Kier molecular flexibility index (Phi) is 5.54. The molecule has 8 heteroatoms. The number of thiophene rings is 1. The van der Waals surface area contributed by atoms with E-state index in [9.17, 15) is 8.42 Å². The van der Waals surface area contributed by atoms with Gasteiger partial charge in [0.05, 0.1) is 4.34 Å². The second kappa shape index (κ2) is 6.02. The highest BCUT2D eigenvalue weighted by Crippen LogP contribution is 2.34. The molecule has 1 aromatic heterocycles. The van der Waals surface area contributed by atoms with Gasteiger partial charge in [-0.25, -0.2) is 13.1 Å². The van der Waals surface area contributed by atoms with E-state index in [2.05, 4.69) is 20.7 Å². The third-order valence-electron chi connectivity index (χ3n) is 1.85. The molecule has 0 amide bonds. The minimum Gasteiger partial charge on any atom is -0.210 e. The highest BCUT2D eigenvalue weighted by molar-refractivity contribution is 9.09. The first-order chi connectivity index (χ1) is 7.36. The van der Waals surface area contributed by atoms with Crippen LogP contribution in [0.1, 0.15) is 13.3 Å². The van der Waals surface area contributed by atoms with E-state index in [1.54, 1.807) is 0 Å². The fraction of sp³-hybridized carbons (Fsp3) is 0.500. The molecule has 0 saturated heterocycles. The van der Waals surface area contributed by atoms with Gasteiger partial charge in [0.25, 0.3) is 0 Å². The van der Waals surface area contributed by atoms with E-state index in [4.69, 9.17) is 23.2 Å². The molecule has 1 rings (SSSR count). The van der Waals surface area contributed by atoms with Crippen molar-refractivity contribution in [3.05, 3.63) is 14.7 Å². The largest absolute Gasteiger partial charge is 0.242 e. The fourth-order valence-electron chi connectivity index (χ4n) is 0.931. The van der Waals surface area contributed by atoms with E-state index in [0.29, 0.717) is 10.9 Å². The molecule has 1 heterocycles. The Morgan fingerprint density at radius 3 is 2.62 bits per heavy atom. The van der Waals surface area contributed by atoms with Gasteiger partial charge in [0, 0.05) is 11.4 Å². The normalized spacial score (nSPS) is 14.0. The summed E-state index contributed by atoms with van der Waals surface area (Å²) in [5, 5.41) is 0. The van der Waals surface area contributed by atoms with E-state index in [1.807, 2.05) is 6.92 Å². The highest BCUT2D eigenvalue weighted by Gasteiger charge is 2.21. The maximum Gasteiger partial charge on any atom is 0.242 e. The Morgan fingerprint density at radius 2 is 2.19 bits per heavy atom. The molecule has 92 valence electrons. The summed E-state index contributed by atoms with van der Waals surface area (Å²) in [5.41, 5.74) is 0. The molecule has 0 aromatic carbocycles. The lowest BCUT2D eigenvalue weighted by Crippen LogP contribution is -2.29. The standard InChI is InChI=1S/C8H10BrCl2NO2S2/c1-2-5(9)4-12-16(13,14)6-3-7(10)15-8(6)11/h3,5,12H,2,4H2,1H3. The van der Waals surface area contributed by atoms with Gasteiger partial charge in [-0.15, -0.1) is 11.3 Å². The summed E-state index contributed by atoms with van der Waals surface area (Å²) >= 11 is 15.9. The van der Waals surface area contributed by atoms with Crippen molar-refractivity contribution in [1.82, 2.24) is 4.72 Å². The van der Waals surface area contributed by atoms with Gasteiger partial charge in [-0.1, -0.05) is 46.1 Å². The smallest absolute Gasteiger partial charge is 0.210 e. The van der Waals surface area contributed by atoms with Gasteiger partial charge in [0.1, 0.15) is 9.23 Å². The van der Waals surface area contributed by atoms with Crippen molar-refractivity contribution in [1.29, 1.82) is 0 Å². The average molecular weight is 367 g/mol. The topological polar surface area (TPSA) is 46.2 Å². The average Bonchev–Trinajstić information content (AvgIpc) is 2.55. The maximum atomic E-state index is 11.8. The first-order valence-electron chi connectivity index (χ1n) is 4.45. The SMILES string of the molecule is CCC(Br)CNS(=O)(=O)c1cc(Cl)sc1Cl. The van der Waals surface area contributed by atoms with E-state index < -0.39 is 10.0 Å². The Labute approximate surface area is 117 Å². The highest BCUT2D eigenvalue weighted by atomic mass is 79.9. The third kappa shape index (κ3) is 3.85. The van der Waals surface area contributed by atoms with Crippen molar-refractivity contribution in [2.75, 3.05) is 6.54 Å². The zero-order valence-corrected chi connectivity index (χ0v) is 13.1. The Balaban J connectivity index is 2.82. The van der Waals surface area contributed by atoms with Gasteiger partial charge in [-0.05, 0) is 12.5 Å². The number of rotatable bonds is 5. The molecule has 1 unspecified atom stereocenters. The predicted molar refractivity (Wildman–Crippen MR) is 72.5 cm³/mol. The fourth-order valence-corrected chi connectivity index (χ4v) is 4.54. The molecule has 0 saturated carbocycles. The van der Waals surface area contributed by atoms with Crippen LogP contribution in [0.15, 0.2) is 11.0 Å². The van der Waals surface area contributed by atoms with Crippen LogP contribution in [0.5, 0.6) is 0 Å². The zero-order valence-electron chi connectivity index (χ0n) is 8.34. The molecule has 1 atom stereocenters. The molecule has 0 spiro atoms. The molecular weight excluding hydrogens is 357 g/mol. The van der Waals surface area contributed by atoms with Crippen molar-refractivity contribution in [2.45, 2.75) is 23.1 Å².